The van der Waals surface area contributed by atoms with Crippen LogP contribution < -0.4 is 0 Å². The minimum atomic E-state index is 0.947. The molecule has 38 heavy (non-hydrogen) atoms. The molecule has 0 saturated heterocycles. The molecule has 8 aromatic rings. The van der Waals surface area contributed by atoms with E-state index < -0.39 is 0 Å². The second-order valence-corrected chi connectivity index (χ2v) is 9.65. The van der Waals surface area contributed by atoms with Crippen LogP contribution in [0.1, 0.15) is 0 Å². The molecule has 3 heteroatoms. The normalized spacial score (nSPS) is 11.7. The monoisotopic (exact) mass is 485 g/mol. The number of fused-ring (bicyclic) bond motifs is 6. The fraction of sp³-hybridized carbons (Fsp3) is 0. The van der Waals surface area contributed by atoms with Gasteiger partial charge in [0.2, 0.25) is 0 Å². The zero-order chi connectivity index (χ0) is 25.1. The minimum Gasteiger partial charge on any atom is -0.314 e. The molecule has 4 aromatic carbocycles. The zero-order valence-electron chi connectivity index (χ0n) is 20.6. The molecule has 0 saturated carbocycles. The first-order valence-electron chi connectivity index (χ1n) is 12.9. The van der Waals surface area contributed by atoms with E-state index in [-0.39, 0.29) is 0 Å². The molecule has 0 spiro atoms. The summed E-state index contributed by atoms with van der Waals surface area (Å²) in [6, 6.07) is 45.0. The van der Waals surface area contributed by atoms with E-state index in [1.54, 1.807) is 0 Å². The molecule has 4 heterocycles. The van der Waals surface area contributed by atoms with Crippen molar-refractivity contribution >= 4 is 38.1 Å². The molecule has 0 unspecified atom stereocenters. The van der Waals surface area contributed by atoms with Crippen molar-refractivity contribution in [2.45, 2.75) is 0 Å². The lowest BCUT2D eigenvalue weighted by molar-refractivity contribution is 1.10. The quantitative estimate of drug-likeness (QED) is 0.245. The number of pyridine rings is 2. The summed E-state index contributed by atoms with van der Waals surface area (Å²) in [5, 5.41) is 4.80. The van der Waals surface area contributed by atoms with Crippen LogP contribution in [0.3, 0.4) is 0 Å². The third-order valence-electron chi connectivity index (χ3n) is 7.57. The van der Waals surface area contributed by atoms with Crippen LogP contribution in [0.4, 0.5) is 0 Å². The van der Waals surface area contributed by atoms with Gasteiger partial charge in [-0.25, -0.2) is 4.98 Å². The fourth-order valence-corrected chi connectivity index (χ4v) is 5.98. The molecule has 0 bridgehead atoms. The largest absolute Gasteiger partial charge is 0.314 e. The maximum absolute atomic E-state index is 5.17. The SMILES string of the molecule is c1ccc(-c2cnc(-n3c4ccccc4c4c(-c5ccccc5)n5ccccc5c43)c3ccccc23)cc1. The van der Waals surface area contributed by atoms with Gasteiger partial charge in [0, 0.05) is 34.1 Å². The predicted octanol–water partition coefficient (Wildman–Crippen LogP) is 8.92. The van der Waals surface area contributed by atoms with Crippen LogP contribution >= 0.6 is 0 Å². The summed E-state index contributed by atoms with van der Waals surface area (Å²) in [4.78, 5) is 5.17. The Kier molecular flexibility index (Phi) is 4.52. The molecule has 178 valence electrons. The summed E-state index contributed by atoms with van der Waals surface area (Å²) in [7, 11) is 0. The van der Waals surface area contributed by atoms with Crippen LogP contribution in [0.15, 0.2) is 140 Å². The van der Waals surface area contributed by atoms with Crippen LogP contribution in [0.2, 0.25) is 0 Å². The second kappa shape index (κ2) is 8.19. The highest BCUT2D eigenvalue weighted by molar-refractivity contribution is 6.21. The first-order valence-corrected chi connectivity index (χ1v) is 12.9. The van der Waals surface area contributed by atoms with Crippen molar-refractivity contribution in [3.05, 3.63) is 140 Å². The lowest BCUT2D eigenvalue weighted by atomic mass is 10.0. The second-order valence-electron chi connectivity index (χ2n) is 9.65. The summed E-state index contributed by atoms with van der Waals surface area (Å²) in [6.07, 6.45) is 4.20. The van der Waals surface area contributed by atoms with Crippen LogP contribution in [0, 0.1) is 0 Å². The van der Waals surface area contributed by atoms with Crippen molar-refractivity contribution < 1.29 is 0 Å². The summed E-state index contributed by atoms with van der Waals surface area (Å²) in [5.74, 6) is 0.947. The summed E-state index contributed by atoms with van der Waals surface area (Å²) >= 11 is 0. The third-order valence-corrected chi connectivity index (χ3v) is 7.57. The maximum atomic E-state index is 5.17. The molecule has 3 nitrogen and oxygen atoms in total. The van der Waals surface area contributed by atoms with E-state index in [0.717, 1.165) is 27.8 Å². The fourth-order valence-electron chi connectivity index (χ4n) is 5.98. The highest BCUT2D eigenvalue weighted by atomic mass is 15.1. The third kappa shape index (κ3) is 2.93. The molecular formula is C35H23N3. The van der Waals surface area contributed by atoms with Crippen LogP contribution in [-0.4, -0.2) is 14.0 Å². The van der Waals surface area contributed by atoms with Gasteiger partial charge < -0.3 is 4.40 Å². The molecule has 0 radical (unpaired) electrons. The molecule has 0 fully saturated rings. The number of rotatable bonds is 3. The Morgan fingerprint density at radius 1 is 0.500 bits per heavy atom. The first kappa shape index (κ1) is 21.0. The maximum Gasteiger partial charge on any atom is 0.145 e. The van der Waals surface area contributed by atoms with Crippen molar-refractivity contribution in [2.24, 2.45) is 0 Å². The van der Waals surface area contributed by atoms with Crippen LogP contribution in [0.25, 0.3) is 66.3 Å². The molecular weight excluding hydrogens is 462 g/mol. The van der Waals surface area contributed by atoms with E-state index in [2.05, 4.69) is 143 Å². The highest BCUT2D eigenvalue weighted by Gasteiger charge is 2.24. The standard InChI is InChI=1S/C35H23N3/c1-3-13-24(14-4-1)29-23-36-35(27-18-8-7-17-26(27)29)38-30-20-10-9-19-28(30)32-33(25-15-5-2-6-16-25)37-22-12-11-21-31(37)34(32)38/h1-23H. The molecule has 4 aromatic heterocycles. The van der Waals surface area contributed by atoms with Crippen molar-refractivity contribution in [1.82, 2.24) is 14.0 Å². The Hall–Kier alpha value is -5.15. The number of nitrogens with zero attached hydrogens (tertiary/aromatic N) is 3. The zero-order valence-corrected chi connectivity index (χ0v) is 20.6. The van der Waals surface area contributed by atoms with Crippen molar-refractivity contribution in [1.29, 1.82) is 0 Å². The lowest BCUT2D eigenvalue weighted by Gasteiger charge is -2.14. The molecule has 0 atom stereocenters. The molecule has 0 aliphatic heterocycles. The van der Waals surface area contributed by atoms with E-state index in [9.17, 15) is 0 Å². The van der Waals surface area contributed by atoms with Gasteiger partial charge >= 0.3 is 0 Å². The number of para-hydroxylation sites is 1. The van der Waals surface area contributed by atoms with E-state index >= 15 is 0 Å². The Bertz CT molecular complexity index is 2110. The molecule has 0 aliphatic rings. The van der Waals surface area contributed by atoms with E-state index in [4.69, 9.17) is 4.98 Å². The van der Waals surface area contributed by atoms with Gasteiger partial charge in [-0.1, -0.05) is 109 Å². The summed E-state index contributed by atoms with van der Waals surface area (Å²) < 4.78 is 4.69. The first-order chi connectivity index (χ1) is 18.9. The van der Waals surface area contributed by atoms with Gasteiger partial charge in [0.05, 0.1) is 22.2 Å². The Morgan fingerprint density at radius 3 is 1.89 bits per heavy atom. The average Bonchev–Trinajstić information content (AvgIpc) is 3.50. The summed E-state index contributed by atoms with van der Waals surface area (Å²) in [5.41, 5.74) is 8.22. The molecule has 8 rings (SSSR count). The van der Waals surface area contributed by atoms with Gasteiger partial charge in [0.1, 0.15) is 5.82 Å². The van der Waals surface area contributed by atoms with Crippen LogP contribution in [0.5, 0.6) is 0 Å². The van der Waals surface area contributed by atoms with Gasteiger partial charge in [-0.15, -0.1) is 0 Å². The Balaban J connectivity index is 1.55. The van der Waals surface area contributed by atoms with Gasteiger partial charge in [-0.3, -0.25) is 4.57 Å². The average molecular weight is 486 g/mol. The predicted molar refractivity (Wildman–Crippen MR) is 158 cm³/mol. The van der Waals surface area contributed by atoms with Crippen molar-refractivity contribution in [2.75, 3.05) is 0 Å². The molecule has 0 aliphatic carbocycles. The van der Waals surface area contributed by atoms with Crippen molar-refractivity contribution in [3.8, 4) is 28.2 Å². The number of aromatic nitrogens is 3. The summed E-state index contributed by atoms with van der Waals surface area (Å²) in [6.45, 7) is 0. The smallest absolute Gasteiger partial charge is 0.145 e. The number of hydrogen-bond acceptors (Lipinski definition) is 1. The van der Waals surface area contributed by atoms with Gasteiger partial charge in [-0.2, -0.15) is 0 Å². The van der Waals surface area contributed by atoms with Gasteiger partial charge in [0.25, 0.3) is 0 Å². The highest BCUT2D eigenvalue weighted by Crippen LogP contribution is 2.43. The van der Waals surface area contributed by atoms with E-state index in [1.807, 2.05) is 6.20 Å². The Labute approximate surface area is 219 Å². The number of hydrogen-bond donors (Lipinski definition) is 0. The van der Waals surface area contributed by atoms with Gasteiger partial charge in [-0.05, 0) is 34.7 Å². The topological polar surface area (TPSA) is 22.2 Å². The van der Waals surface area contributed by atoms with Crippen molar-refractivity contribution in [3.63, 3.8) is 0 Å². The lowest BCUT2D eigenvalue weighted by Crippen LogP contribution is -2.00. The number of benzene rings is 4. The molecule has 0 N–H and O–H groups in total. The molecule has 0 amide bonds. The Morgan fingerprint density at radius 2 is 1.11 bits per heavy atom. The van der Waals surface area contributed by atoms with E-state index in [1.165, 1.54) is 38.5 Å². The van der Waals surface area contributed by atoms with Crippen LogP contribution in [-0.2, 0) is 0 Å². The minimum absolute atomic E-state index is 0.947. The van der Waals surface area contributed by atoms with Gasteiger partial charge in [0.15, 0.2) is 0 Å². The van der Waals surface area contributed by atoms with E-state index in [0.29, 0.717) is 0 Å².